The second-order valence-electron chi connectivity index (χ2n) is 7.65. The summed E-state index contributed by atoms with van der Waals surface area (Å²) in [7, 11) is 0. The minimum Gasteiger partial charge on any atom is -0.480 e. The molecule has 0 rings (SSSR count). The van der Waals surface area contributed by atoms with Crippen molar-refractivity contribution in [2.24, 2.45) is 5.73 Å². The highest BCUT2D eigenvalue weighted by molar-refractivity contribution is 7.99. The molecule has 1 atom stereocenters. The van der Waals surface area contributed by atoms with Crippen molar-refractivity contribution >= 4 is 17.7 Å². The third-order valence-electron chi connectivity index (χ3n) is 5.03. The number of rotatable bonds is 21. The van der Waals surface area contributed by atoms with Crippen LogP contribution in [0.25, 0.3) is 0 Å². The van der Waals surface area contributed by atoms with E-state index >= 15 is 0 Å². The Morgan fingerprint density at radius 2 is 1.12 bits per heavy atom. The number of carboxylic acids is 1. The van der Waals surface area contributed by atoms with Crippen molar-refractivity contribution in [1.82, 2.24) is 0 Å². The standard InChI is InChI=1S/C22H45NO2S/c1-2-3-4-5-6-7-8-9-10-11-12-13-14-15-16-17-19-26-20-18-21(23)22(24)25/h21H,2-20,23H2,1H3,(H,24,25). The van der Waals surface area contributed by atoms with Gasteiger partial charge in [-0.15, -0.1) is 0 Å². The van der Waals surface area contributed by atoms with Gasteiger partial charge in [0.1, 0.15) is 6.04 Å². The molecule has 0 heterocycles. The fourth-order valence-electron chi connectivity index (χ4n) is 3.19. The molecule has 0 amide bonds. The summed E-state index contributed by atoms with van der Waals surface area (Å²) in [5, 5.41) is 8.70. The molecule has 0 fully saturated rings. The molecule has 0 saturated heterocycles. The van der Waals surface area contributed by atoms with Gasteiger partial charge in [0.25, 0.3) is 0 Å². The Balaban J connectivity index is 3.04. The van der Waals surface area contributed by atoms with Crippen LogP contribution in [0.4, 0.5) is 0 Å². The fraction of sp³-hybridized carbons (Fsp3) is 0.955. The fourth-order valence-corrected chi connectivity index (χ4v) is 4.22. The van der Waals surface area contributed by atoms with Gasteiger partial charge in [0.15, 0.2) is 0 Å². The van der Waals surface area contributed by atoms with Gasteiger partial charge in [-0.1, -0.05) is 103 Å². The summed E-state index contributed by atoms with van der Waals surface area (Å²) >= 11 is 1.84. The lowest BCUT2D eigenvalue weighted by Gasteiger charge is -2.06. The maximum atomic E-state index is 10.6. The summed E-state index contributed by atoms with van der Waals surface area (Å²) in [5.74, 6) is 1.13. The van der Waals surface area contributed by atoms with Gasteiger partial charge in [-0.2, -0.15) is 11.8 Å². The van der Waals surface area contributed by atoms with E-state index in [-0.39, 0.29) is 0 Å². The van der Waals surface area contributed by atoms with Crippen LogP contribution in [0.3, 0.4) is 0 Å². The van der Waals surface area contributed by atoms with Crippen LogP contribution in [0, 0.1) is 0 Å². The number of aliphatic carboxylic acids is 1. The third kappa shape index (κ3) is 20.1. The smallest absolute Gasteiger partial charge is 0.320 e. The molecule has 0 spiro atoms. The molecule has 0 aromatic heterocycles. The average molecular weight is 388 g/mol. The Morgan fingerprint density at radius 1 is 0.731 bits per heavy atom. The normalized spacial score (nSPS) is 12.4. The Bertz CT molecular complexity index is 300. The Morgan fingerprint density at radius 3 is 1.50 bits per heavy atom. The minimum atomic E-state index is -0.881. The van der Waals surface area contributed by atoms with E-state index in [0.29, 0.717) is 6.42 Å². The first-order valence-electron chi connectivity index (χ1n) is 11.2. The van der Waals surface area contributed by atoms with E-state index in [1.807, 2.05) is 11.8 Å². The molecule has 0 aliphatic heterocycles. The van der Waals surface area contributed by atoms with Crippen molar-refractivity contribution < 1.29 is 9.90 Å². The molecule has 0 radical (unpaired) electrons. The number of thioether (sulfide) groups is 1. The lowest BCUT2D eigenvalue weighted by Crippen LogP contribution is -2.30. The van der Waals surface area contributed by atoms with Crippen molar-refractivity contribution in [3.63, 3.8) is 0 Å². The van der Waals surface area contributed by atoms with Crippen molar-refractivity contribution in [3.8, 4) is 0 Å². The van der Waals surface area contributed by atoms with E-state index in [0.717, 1.165) is 11.5 Å². The molecule has 0 bridgehead atoms. The molecule has 0 aromatic rings. The number of hydrogen-bond donors (Lipinski definition) is 2. The van der Waals surface area contributed by atoms with E-state index in [1.165, 1.54) is 103 Å². The number of nitrogens with two attached hydrogens (primary N) is 1. The molecule has 3 nitrogen and oxygen atoms in total. The van der Waals surface area contributed by atoms with Crippen LogP contribution in [0.5, 0.6) is 0 Å². The average Bonchev–Trinajstić information content (AvgIpc) is 2.63. The lowest BCUT2D eigenvalue weighted by molar-refractivity contribution is -0.138. The molecule has 3 N–H and O–H groups in total. The highest BCUT2D eigenvalue weighted by Gasteiger charge is 2.09. The van der Waals surface area contributed by atoms with Gasteiger partial charge in [0.2, 0.25) is 0 Å². The first-order valence-corrected chi connectivity index (χ1v) is 12.4. The van der Waals surface area contributed by atoms with E-state index in [4.69, 9.17) is 10.8 Å². The third-order valence-corrected chi connectivity index (χ3v) is 6.13. The Kier molecular flexibility index (Phi) is 20.9. The van der Waals surface area contributed by atoms with E-state index < -0.39 is 12.0 Å². The van der Waals surface area contributed by atoms with Crippen LogP contribution < -0.4 is 5.73 Å². The number of carboxylic acid groups (broad SMARTS) is 1. The highest BCUT2D eigenvalue weighted by atomic mass is 32.2. The van der Waals surface area contributed by atoms with Gasteiger partial charge in [-0.25, -0.2) is 0 Å². The van der Waals surface area contributed by atoms with Crippen LogP contribution in [0.1, 0.15) is 116 Å². The number of unbranched alkanes of at least 4 members (excludes halogenated alkanes) is 15. The molecule has 26 heavy (non-hydrogen) atoms. The second-order valence-corrected chi connectivity index (χ2v) is 8.87. The second kappa shape index (κ2) is 21.1. The zero-order chi connectivity index (χ0) is 19.3. The zero-order valence-corrected chi connectivity index (χ0v) is 18.2. The number of hydrogen-bond acceptors (Lipinski definition) is 3. The summed E-state index contributed by atoms with van der Waals surface area (Å²) in [4.78, 5) is 10.6. The Labute approximate surface area is 167 Å². The molecular weight excluding hydrogens is 342 g/mol. The molecule has 156 valence electrons. The van der Waals surface area contributed by atoms with Crippen molar-refractivity contribution in [3.05, 3.63) is 0 Å². The predicted octanol–water partition coefficient (Wildman–Crippen LogP) is 6.78. The lowest BCUT2D eigenvalue weighted by atomic mass is 10.0. The van der Waals surface area contributed by atoms with Gasteiger partial charge < -0.3 is 10.8 Å². The molecule has 4 heteroatoms. The summed E-state index contributed by atoms with van der Waals surface area (Å²) in [6.07, 6.45) is 23.0. The molecule has 0 aliphatic carbocycles. The maximum absolute atomic E-state index is 10.6. The van der Waals surface area contributed by atoms with Gasteiger partial charge in [-0.05, 0) is 24.3 Å². The first kappa shape index (κ1) is 25.8. The summed E-state index contributed by atoms with van der Waals surface area (Å²) < 4.78 is 0. The van der Waals surface area contributed by atoms with Crippen molar-refractivity contribution in [2.75, 3.05) is 11.5 Å². The van der Waals surface area contributed by atoms with Crippen molar-refractivity contribution in [1.29, 1.82) is 0 Å². The summed E-state index contributed by atoms with van der Waals surface area (Å²) in [5.41, 5.74) is 5.48. The monoisotopic (exact) mass is 387 g/mol. The van der Waals surface area contributed by atoms with Crippen LogP contribution in [0.15, 0.2) is 0 Å². The molecule has 0 aromatic carbocycles. The molecule has 0 saturated carbocycles. The van der Waals surface area contributed by atoms with E-state index in [2.05, 4.69) is 6.92 Å². The van der Waals surface area contributed by atoms with Gasteiger partial charge in [0, 0.05) is 0 Å². The Hall–Kier alpha value is -0.220. The SMILES string of the molecule is CCCCCCCCCCCCCCCCCCSCCC(N)C(=O)O. The minimum absolute atomic E-state index is 0.582. The summed E-state index contributed by atoms with van der Waals surface area (Å²) in [6.45, 7) is 2.28. The first-order chi connectivity index (χ1) is 12.7. The maximum Gasteiger partial charge on any atom is 0.320 e. The summed E-state index contributed by atoms with van der Waals surface area (Å²) in [6, 6.07) is -0.687. The largest absolute Gasteiger partial charge is 0.480 e. The van der Waals surface area contributed by atoms with Crippen LogP contribution in [-0.2, 0) is 4.79 Å². The quantitative estimate of drug-likeness (QED) is 0.213. The highest BCUT2D eigenvalue weighted by Crippen LogP contribution is 2.14. The zero-order valence-electron chi connectivity index (χ0n) is 17.4. The predicted molar refractivity (Wildman–Crippen MR) is 117 cm³/mol. The molecular formula is C22H45NO2S. The van der Waals surface area contributed by atoms with Gasteiger partial charge >= 0.3 is 5.97 Å². The topological polar surface area (TPSA) is 63.3 Å². The van der Waals surface area contributed by atoms with E-state index in [1.54, 1.807) is 0 Å². The van der Waals surface area contributed by atoms with Crippen molar-refractivity contribution in [2.45, 2.75) is 122 Å². The molecule has 1 unspecified atom stereocenters. The van der Waals surface area contributed by atoms with Crippen LogP contribution >= 0.6 is 11.8 Å². The van der Waals surface area contributed by atoms with Crippen LogP contribution in [-0.4, -0.2) is 28.6 Å². The van der Waals surface area contributed by atoms with Gasteiger partial charge in [-0.3, -0.25) is 4.79 Å². The van der Waals surface area contributed by atoms with Gasteiger partial charge in [0.05, 0.1) is 0 Å². The van der Waals surface area contributed by atoms with E-state index in [9.17, 15) is 4.79 Å². The number of carbonyl (C=O) groups is 1. The molecule has 0 aliphatic rings. The van der Waals surface area contributed by atoms with Crippen LogP contribution in [0.2, 0.25) is 0 Å².